The van der Waals surface area contributed by atoms with Crippen LogP contribution in [0.5, 0.6) is 0 Å². The van der Waals surface area contributed by atoms with Crippen LogP contribution in [0.3, 0.4) is 0 Å². The van der Waals surface area contributed by atoms with Crippen molar-refractivity contribution in [2.75, 3.05) is 6.26 Å². The van der Waals surface area contributed by atoms with Crippen LogP contribution in [0.25, 0.3) is 0 Å². The van der Waals surface area contributed by atoms with Crippen molar-refractivity contribution in [1.29, 1.82) is 0 Å². The van der Waals surface area contributed by atoms with E-state index in [1.165, 1.54) is 27.0 Å². The van der Waals surface area contributed by atoms with E-state index in [1.54, 1.807) is 0 Å². The lowest BCUT2D eigenvalue weighted by atomic mass is 10.2. The van der Waals surface area contributed by atoms with Gasteiger partial charge in [-0.25, -0.2) is 13.8 Å². The summed E-state index contributed by atoms with van der Waals surface area (Å²) in [4.78, 5) is 10.4. The standard InChI is InChI=1S/C7H14N2O3S/c1-6(10)9-8-5-7(2,3)13(4,11)12/h5H,1-4H3,(H,9,10)/b8-5+. The molecule has 0 fully saturated rings. The summed E-state index contributed by atoms with van der Waals surface area (Å²) in [6, 6.07) is 0. The maximum absolute atomic E-state index is 11.1. The van der Waals surface area contributed by atoms with Gasteiger partial charge in [-0.2, -0.15) is 5.10 Å². The normalized spacial score (nSPS) is 13.2. The van der Waals surface area contributed by atoms with E-state index in [1.807, 2.05) is 0 Å². The largest absolute Gasteiger partial charge is 0.274 e. The number of carbonyl (C=O) groups excluding carboxylic acids is 1. The summed E-state index contributed by atoms with van der Waals surface area (Å²) in [7, 11) is -3.20. The van der Waals surface area contributed by atoms with Crippen molar-refractivity contribution in [2.24, 2.45) is 5.10 Å². The predicted octanol–water partition coefficient (Wildman–Crippen LogP) is -0.0685. The van der Waals surface area contributed by atoms with Gasteiger partial charge in [0.05, 0.1) is 0 Å². The van der Waals surface area contributed by atoms with Gasteiger partial charge in [0.2, 0.25) is 5.91 Å². The van der Waals surface area contributed by atoms with Crippen LogP contribution in [0.15, 0.2) is 5.10 Å². The van der Waals surface area contributed by atoms with Gasteiger partial charge in [-0.05, 0) is 13.8 Å². The van der Waals surface area contributed by atoms with Crippen LogP contribution in [0.1, 0.15) is 20.8 Å². The smallest absolute Gasteiger partial charge is 0.236 e. The highest BCUT2D eigenvalue weighted by atomic mass is 32.2. The zero-order valence-corrected chi connectivity index (χ0v) is 8.97. The van der Waals surface area contributed by atoms with Crippen molar-refractivity contribution < 1.29 is 13.2 Å². The fourth-order valence-electron chi connectivity index (χ4n) is 0.374. The minimum absolute atomic E-state index is 0.333. The van der Waals surface area contributed by atoms with Gasteiger partial charge in [-0.15, -0.1) is 0 Å². The summed E-state index contributed by atoms with van der Waals surface area (Å²) in [6.07, 6.45) is 2.32. The highest BCUT2D eigenvalue weighted by Crippen LogP contribution is 2.11. The zero-order valence-electron chi connectivity index (χ0n) is 8.16. The molecular formula is C7H14N2O3S. The number of amides is 1. The number of sulfone groups is 1. The highest BCUT2D eigenvalue weighted by Gasteiger charge is 2.27. The maximum atomic E-state index is 11.1. The maximum Gasteiger partial charge on any atom is 0.236 e. The van der Waals surface area contributed by atoms with Gasteiger partial charge in [0.1, 0.15) is 4.75 Å². The van der Waals surface area contributed by atoms with Gasteiger partial charge in [-0.1, -0.05) is 0 Å². The van der Waals surface area contributed by atoms with Gasteiger partial charge in [0.15, 0.2) is 9.84 Å². The summed E-state index contributed by atoms with van der Waals surface area (Å²) >= 11 is 0. The Morgan fingerprint density at radius 2 is 1.92 bits per heavy atom. The molecule has 0 aliphatic carbocycles. The van der Waals surface area contributed by atoms with Crippen molar-refractivity contribution in [2.45, 2.75) is 25.5 Å². The molecule has 0 bridgehead atoms. The van der Waals surface area contributed by atoms with E-state index in [4.69, 9.17) is 0 Å². The fraction of sp³-hybridized carbons (Fsp3) is 0.714. The quantitative estimate of drug-likeness (QED) is 0.519. The van der Waals surface area contributed by atoms with E-state index in [9.17, 15) is 13.2 Å². The first-order chi connectivity index (χ1) is 5.67. The molecule has 0 atom stereocenters. The molecule has 0 aromatic rings. The number of hydrogen-bond donors (Lipinski definition) is 1. The summed E-state index contributed by atoms with van der Waals surface area (Å²) in [5.74, 6) is -0.333. The summed E-state index contributed by atoms with van der Waals surface area (Å²) in [5, 5.41) is 3.51. The van der Waals surface area contributed by atoms with Gasteiger partial charge in [-0.3, -0.25) is 4.79 Å². The topological polar surface area (TPSA) is 75.6 Å². The highest BCUT2D eigenvalue weighted by molar-refractivity contribution is 7.92. The van der Waals surface area contributed by atoms with E-state index < -0.39 is 14.6 Å². The molecule has 0 aromatic heterocycles. The lowest BCUT2D eigenvalue weighted by Gasteiger charge is -2.15. The summed E-state index contributed by atoms with van der Waals surface area (Å²) in [6.45, 7) is 4.31. The molecule has 5 nitrogen and oxygen atoms in total. The van der Waals surface area contributed by atoms with Crippen LogP contribution in [-0.4, -0.2) is 31.5 Å². The lowest BCUT2D eigenvalue weighted by molar-refractivity contribution is -0.118. The number of carbonyl (C=O) groups is 1. The van der Waals surface area contributed by atoms with E-state index in [0.29, 0.717) is 0 Å². The van der Waals surface area contributed by atoms with Crippen molar-refractivity contribution in [3.63, 3.8) is 0 Å². The van der Waals surface area contributed by atoms with Crippen LogP contribution in [0.4, 0.5) is 0 Å². The number of nitrogens with one attached hydrogen (secondary N) is 1. The second-order valence-corrected chi connectivity index (χ2v) is 5.90. The molecule has 0 unspecified atom stereocenters. The summed E-state index contributed by atoms with van der Waals surface area (Å²) in [5.41, 5.74) is 2.14. The minimum Gasteiger partial charge on any atom is -0.274 e. The molecule has 13 heavy (non-hydrogen) atoms. The third kappa shape index (κ3) is 4.02. The molecule has 76 valence electrons. The first kappa shape index (κ1) is 12.1. The molecule has 0 aliphatic rings. The Labute approximate surface area is 78.1 Å². The zero-order chi connectivity index (χ0) is 10.7. The fourth-order valence-corrected chi connectivity index (χ4v) is 0.619. The van der Waals surface area contributed by atoms with Gasteiger partial charge in [0, 0.05) is 19.4 Å². The molecule has 0 saturated carbocycles. The molecule has 0 aromatic carbocycles. The van der Waals surface area contributed by atoms with Crippen LogP contribution in [-0.2, 0) is 14.6 Å². The molecule has 6 heteroatoms. The molecule has 0 rings (SSSR count). The molecule has 1 amide bonds. The Morgan fingerprint density at radius 1 is 1.46 bits per heavy atom. The number of rotatable bonds is 3. The molecule has 1 N–H and O–H groups in total. The van der Waals surface area contributed by atoms with Crippen molar-refractivity contribution in [1.82, 2.24) is 5.43 Å². The minimum atomic E-state index is -3.20. The van der Waals surface area contributed by atoms with Crippen LogP contribution in [0, 0.1) is 0 Å². The summed E-state index contributed by atoms with van der Waals surface area (Å²) < 4.78 is 21.2. The molecule has 0 aliphatic heterocycles. The van der Waals surface area contributed by atoms with Gasteiger partial charge in [0.25, 0.3) is 0 Å². The predicted molar refractivity (Wildman–Crippen MR) is 51.2 cm³/mol. The Hall–Kier alpha value is -0.910. The monoisotopic (exact) mass is 206 g/mol. The van der Waals surface area contributed by atoms with E-state index in [0.717, 1.165) is 6.26 Å². The van der Waals surface area contributed by atoms with E-state index >= 15 is 0 Å². The molecule has 0 heterocycles. The average Bonchev–Trinajstić information content (AvgIpc) is 1.82. The SMILES string of the molecule is CC(=O)N/N=C/C(C)(C)S(C)(=O)=O. The third-order valence-electron chi connectivity index (χ3n) is 1.55. The number of nitrogens with zero attached hydrogens (tertiary/aromatic N) is 1. The Morgan fingerprint density at radius 3 is 2.23 bits per heavy atom. The second-order valence-electron chi connectivity index (χ2n) is 3.30. The molecule has 0 radical (unpaired) electrons. The molecular weight excluding hydrogens is 192 g/mol. The van der Waals surface area contributed by atoms with Crippen LogP contribution >= 0.6 is 0 Å². The van der Waals surface area contributed by atoms with Crippen molar-refractivity contribution in [3.05, 3.63) is 0 Å². The number of hydrogen-bond acceptors (Lipinski definition) is 4. The third-order valence-corrected chi connectivity index (χ3v) is 3.57. The first-order valence-corrected chi connectivity index (χ1v) is 5.56. The van der Waals surface area contributed by atoms with Crippen LogP contribution < -0.4 is 5.43 Å². The average molecular weight is 206 g/mol. The van der Waals surface area contributed by atoms with Crippen molar-refractivity contribution >= 4 is 22.0 Å². The lowest BCUT2D eigenvalue weighted by Crippen LogP contribution is -2.33. The Bertz CT molecular complexity index is 317. The Balaban J connectivity index is 4.52. The van der Waals surface area contributed by atoms with E-state index in [-0.39, 0.29) is 5.91 Å². The number of hydrazone groups is 1. The van der Waals surface area contributed by atoms with Crippen LogP contribution in [0.2, 0.25) is 0 Å². The Kier molecular flexibility index (Phi) is 3.60. The van der Waals surface area contributed by atoms with Crippen molar-refractivity contribution in [3.8, 4) is 0 Å². The molecule has 0 spiro atoms. The van der Waals surface area contributed by atoms with Gasteiger partial charge >= 0.3 is 0 Å². The van der Waals surface area contributed by atoms with Gasteiger partial charge < -0.3 is 0 Å². The molecule has 0 saturated heterocycles. The van der Waals surface area contributed by atoms with E-state index in [2.05, 4.69) is 10.5 Å². The first-order valence-electron chi connectivity index (χ1n) is 3.67. The second kappa shape index (κ2) is 3.87.